The number of unbranched alkanes of at least 4 members (excludes halogenated alkanes) is 2. The van der Waals surface area contributed by atoms with Gasteiger partial charge in [0.2, 0.25) is 5.76 Å². The molecule has 1 N–H and O–H groups in total. The van der Waals surface area contributed by atoms with Crippen LogP contribution in [-0.4, -0.2) is 23.4 Å². The van der Waals surface area contributed by atoms with Gasteiger partial charge < -0.3 is 14.3 Å². The van der Waals surface area contributed by atoms with Crippen LogP contribution in [0.15, 0.2) is 68.7 Å². The zero-order valence-corrected chi connectivity index (χ0v) is 15.5. The summed E-state index contributed by atoms with van der Waals surface area (Å²) in [5.74, 6) is 0.239. The van der Waals surface area contributed by atoms with Crippen molar-refractivity contribution in [1.82, 2.24) is 0 Å². The van der Waals surface area contributed by atoms with E-state index in [1.54, 1.807) is 23.9 Å². The Morgan fingerprint density at radius 1 is 1.04 bits per heavy atom. The molecule has 0 aliphatic rings. The molecular weight excluding hydrogens is 364 g/mol. The number of ether oxygens (including phenoxy) is 1. The van der Waals surface area contributed by atoms with Crippen LogP contribution in [0.1, 0.15) is 29.8 Å². The summed E-state index contributed by atoms with van der Waals surface area (Å²) in [6.07, 6.45) is 3.09. The van der Waals surface area contributed by atoms with Crippen LogP contribution in [0.4, 0.5) is 0 Å². The Balaban J connectivity index is 1.46. The van der Waals surface area contributed by atoms with Crippen LogP contribution >= 0.6 is 11.8 Å². The third-order valence-corrected chi connectivity index (χ3v) is 5.06. The average molecular weight is 384 g/mol. The van der Waals surface area contributed by atoms with E-state index in [0.29, 0.717) is 17.6 Å². The number of carboxylic acids is 1. The zero-order chi connectivity index (χ0) is 19.1. The molecule has 0 saturated carbocycles. The summed E-state index contributed by atoms with van der Waals surface area (Å²) < 4.78 is 11.0. The molecule has 0 unspecified atom stereocenters. The second kappa shape index (κ2) is 9.28. The summed E-state index contributed by atoms with van der Waals surface area (Å²) >= 11 is 1.66. The number of carbonyl (C=O) groups is 1. The third kappa shape index (κ3) is 5.37. The number of benzene rings is 2. The third-order valence-electron chi connectivity index (χ3n) is 3.98. The lowest BCUT2D eigenvalue weighted by molar-refractivity contribution is 0.0663. The van der Waals surface area contributed by atoms with E-state index < -0.39 is 5.97 Å². The molecule has 1 heterocycles. The van der Waals surface area contributed by atoms with Crippen LogP contribution in [0.25, 0.3) is 11.0 Å². The standard InChI is InChI=1S/C21H20O5S/c22-18-14-20(21(23)24)26-19-13-16(9-10-17(18)19)27-12-6-2-5-11-25-15-7-3-1-4-8-15/h1,3-4,7-10,13-14H,2,5-6,11-12H2,(H,23,24). The molecule has 5 nitrogen and oxygen atoms in total. The molecule has 0 atom stereocenters. The molecule has 0 aliphatic carbocycles. The van der Waals surface area contributed by atoms with Crippen molar-refractivity contribution in [3.63, 3.8) is 0 Å². The molecule has 27 heavy (non-hydrogen) atoms. The first-order valence-corrected chi connectivity index (χ1v) is 9.74. The highest BCUT2D eigenvalue weighted by Gasteiger charge is 2.11. The molecule has 0 aliphatic heterocycles. The van der Waals surface area contributed by atoms with Gasteiger partial charge in [0.1, 0.15) is 11.3 Å². The van der Waals surface area contributed by atoms with Crippen LogP contribution in [-0.2, 0) is 0 Å². The number of para-hydroxylation sites is 1. The highest BCUT2D eigenvalue weighted by atomic mass is 32.2. The van der Waals surface area contributed by atoms with Crippen molar-refractivity contribution in [2.45, 2.75) is 24.2 Å². The maximum atomic E-state index is 11.9. The fourth-order valence-electron chi connectivity index (χ4n) is 2.61. The number of aromatic carboxylic acids is 1. The molecular formula is C21H20O5S. The second-order valence-corrected chi connectivity index (χ2v) is 7.18. The molecule has 2 aromatic carbocycles. The van der Waals surface area contributed by atoms with Gasteiger partial charge >= 0.3 is 5.97 Å². The Morgan fingerprint density at radius 3 is 2.63 bits per heavy atom. The quantitative estimate of drug-likeness (QED) is 0.420. The van der Waals surface area contributed by atoms with Crippen molar-refractivity contribution >= 4 is 28.7 Å². The zero-order valence-electron chi connectivity index (χ0n) is 14.7. The summed E-state index contributed by atoms with van der Waals surface area (Å²) in [5.41, 5.74) is -0.0372. The number of thioether (sulfide) groups is 1. The van der Waals surface area contributed by atoms with Gasteiger partial charge in [-0.05, 0) is 55.3 Å². The van der Waals surface area contributed by atoms with E-state index in [0.717, 1.165) is 41.7 Å². The van der Waals surface area contributed by atoms with Crippen molar-refractivity contribution < 1.29 is 19.1 Å². The highest BCUT2D eigenvalue weighted by Crippen LogP contribution is 2.24. The van der Waals surface area contributed by atoms with E-state index in [1.165, 1.54) is 0 Å². The highest BCUT2D eigenvalue weighted by molar-refractivity contribution is 7.99. The Hall–Kier alpha value is -2.73. The molecule has 6 heteroatoms. The van der Waals surface area contributed by atoms with E-state index in [-0.39, 0.29) is 11.2 Å². The van der Waals surface area contributed by atoms with Crippen molar-refractivity contribution in [2.75, 3.05) is 12.4 Å². The molecule has 140 valence electrons. The Morgan fingerprint density at radius 2 is 1.85 bits per heavy atom. The predicted octanol–water partition coefficient (Wildman–Crippen LogP) is 4.83. The molecule has 0 radical (unpaired) electrons. The Labute approximate surface area is 161 Å². The summed E-state index contributed by atoms with van der Waals surface area (Å²) in [7, 11) is 0. The first-order valence-electron chi connectivity index (χ1n) is 8.75. The lowest BCUT2D eigenvalue weighted by Gasteiger charge is -2.06. The fraction of sp³-hybridized carbons (Fsp3) is 0.238. The van der Waals surface area contributed by atoms with Gasteiger partial charge in [0.15, 0.2) is 5.43 Å². The summed E-state index contributed by atoms with van der Waals surface area (Å²) in [5, 5.41) is 9.40. The van der Waals surface area contributed by atoms with Gasteiger partial charge in [-0.15, -0.1) is 11.8 Å². The van der Waals surface area contributed by atoms with Gasteiger partial charge in [0.05, 0.1) is 12.0 Å². The van der Waals surface area contributed by atoms with Gasteiger partial charge in [0, 0.05) is 11.0 Å². The maximum Gasteiger partial charge on any atom is 0.371 e. The van der Waals surface area contributed by atoms with Gasteiger partial charge in [0.25, 0.3) is 0 Å². The van der Waals surface area contributed by atoms with Crippen molar-refractivity contribution in [1.29, 1.82) is 0 Å². The van der Waals surface area contributed by atoms with E-state index in [2.05, 4.69) is 0 Å². The molecule has 3 rings (SSSR count). The van der Waals surface area contributed by atoms with E-state index >= 15 is 0 Å². The van der Waals surface area contributed by atoms with Crippen molar-refractivity contribution in [3.05, 3.63) is 70.6 Å². The number of rotatable bonds is 9. The maximum absolute atomic E-state index is 11.9. The monoisotopic (exact) mass is 384 g/mol. The van der Waals surface area contributed by atoms with Crippen molar-refractivity contribution in [2.24, 2.45) is 0 Å². The smallest absolute Gasteiger partial charge is 0.371 e. The molecule has 0 amide bonds. The van der Waals surface area contributed by atoms with Crippen LogP contribution < -0.4 is 10.2 Å². The topological polar surface area (TPSA) is 76.7 Å². The van der Waals surface area contributed by atoms with Gasteiger partial charge in [-0.1, -0.05) is 18.2 Å². The lowest BCUT2D eigenvalue weighted by atomic mass is 10.2. The minimum Gasteiger partial charge on any atom is -0.494 e. The van der Waals surface area contributed by atoms with Gasteiger partial charge in [-0.25, -0.2) is 4.79 Å². The van der Waals surface area contributed by atoms with Crippen LogP contribution in [0.3, 0.4) is 0 Å². The van der Waals surface area contributed by atoms with Crippen LogP contribution in [0, 0.1) is 0 Å². The number of hydrogen-bond acceptors (Lipinski definition) is 5. The predicted molar refractivity (Wildman–Crippen MR) is 106 cm³/mol. The minimum atomic E-state index is -1.25. The van der Waals surface area contributed by atoms with Crippen LogP contribution in [0.5, 0.6) is 5.75 Å². The Bertz CT molecular complexity index is 965. The normalized spacial score (nSPS) is 10.8. The summed E-state index contributed by atoms with van der Waals surface area (Å²) in [4.78, 5) is 23.9. The van der Waals surface area contributed by atoms with Crippen molar-refractivity contribution in [3.8, 4) is 5.75 Å². The van der Waals surface area contributed by atoms with Crippen LogP contribution in [0.2, 0.25) is 0 Å². The SMILES string of the molecule is O=C(O)c1cc(=O)c2ccc(SCCCCCOc3ccccc3)cc2o1. The molecule has 0 bridgehead atoms. The lowest BCUT2D eigenvalue weighted by Crippen LogP contribution is -2.06. The number of fused-ring (bicyclic) bond motifs is 1. The summed E-state index contributed by atoms with van der Waals surface area (Å²) in [6.45, 7) is 0.702. The molecule has 1 aromatic heterocycles. The second-order valence-electron chi connectivity index (χ2n) is 6.01. The largest absolute Gasteiger partial charge is 0.494 e. The van der Waals surface area contributed by atoms with E-state index in [9.17, 15) is 9.59 Å². The first-order chi connectivity index (χ1) is 13.1. The average Bonchev–Trinajstić information content (AvgIpc) is 2.67. The van der Waals surface area contributed by atoms with E-state index in [4.69, 9.17) is 14.3 Å². The number of carboxylic acid groups (broad SMARTS) is 1. The first kappa shape index (κ1) is 19.0. The van der Waals surface area contributed by atoms with E-state index in [1.807, 2.05) is 36.4 Å². The molecule has 0 spiro atoms. The van der Waals surface area contributed by atoms with Gasteiger partial charge in [-0.2, -0.15) is 0 Å². The minimum absolute atomic E-state index is 0.307. The fourth-order valence-corrected chi connectivity index (χ4v) is 3.55. The molecule has 3 aromatic rings. The molecule has 0 saturated heterocycles. The van der Waals surface area contributed by atoms with Gasteiger partial charge in [-0.3, -0.25) is 4.79 Å². The Kier molecular flexibility index (Phi) is 6.54. The summed E-state index contributed by atoms with van der Waals surface area (Å²) in [6, 6.07) is 16.1. The molecule has 0 fully saturated rings. The number of hydrogen-bond donors (Lipinski definition) is 1.